The van der Waals surface area contributed by atoms with E-state index in [0.717, 1.165) is 40.9 Å². The summed E-state index contributed by atoms with van der Waals surface area (Å²) in [6.07, 6.45) is 0. The fourth-order valence-corrected chi connectivity index (χ4v) is 3.40. The number of anilines is 1. The molecule has 0 radical (unpaired) electrons. The Balaban J connectivity index is 3.01. The van der Waals surface area contributed by atoms with Gasteiger partial charge in [0.15, 0.2) is 6.04 Å². The van der Waals surface area contributed by atoms with Crippen LogP contribution in [0.5, 0.6) is 0 Å². The normalized spacial score (nSPS) is 13.1. The van der Waals surface area contributed by atoms with Gasteiger partial charge in [-0.25, -0.2) is 0 Å². The fourth-order valence-electron chi connectivity index (χ4n) is 3.08. The number of benzene rings is 1. The summed E-state index contributed by atoms with van der Waals surface area (Å²) in [4.78, 5) is 12.7. The Kier molecular flexibility index (Phi) is 6.24. The molecular formula is C17H28ClN2O+. The Morgan fingerprint density at radius 1 is 1.14 bits per heavy atom. The van der Waals surface area contributed by atoms with E-state index in [9.17, 15) is 4.79 Å². The number of quaternary nitrogens is 1. The van der Waals surface area contributed by atoms with Gasteiger partial charge in [0.05, 0.1) is 19.6 Å². The number of nitrogens with zero attached hydrogens (tertiary/aromatic N) is 1. The highest BCUT2D eigenvalue weighted by molar-refractivity contribution is 6.30. The van der Waals surface area contributed by atoms with E-state index >= 15 is 0 Å². The first-order valence-corrected chi connectivity index (χ1v) is 8.12. The maximum absolute atomic E-state index is 12.7. The molecule has 3 nitrogen and oxygen atoms in total. The molecule has 0 aliphatic heterocycles. The lowest BCUT2D eigenvalue weighted by Gasteiger charge is -2.40. The number of rotatable bonds is 6. The van der Waals surface area contributed by atoms with Crippen LogP contribution in [0.4, 0.5) is 5.69 Å². The molecule has 1 atom stereocenters. The molecule has 0 aromatic heterocycles. The minimum absolute atomic E-state index is 0.0699. The number of carbonyl (C=O) groups excluding carboxylic acids is 1. The Morgan fingerprint density at radius 2 is 1.57 bits per heavy atom. The van der Waals surface area contributed by atoms with Gasteiger partial charge < -0.3 is 9.80 Å². The van der Waals surface area contributed by atoms with Crippen LogP contribution in [0.3, 0.4) is 0 Å². The number of hydrogen-bond donors (Lipinski definition) is 1. The van der Waals surface area contributed by atoms with Crippen LogP contribution < -0.4 is 5.32 Å². The molecule has 1 aromatic carbocycles. The number of aryl methyl sites for hydroxylation is 2. The largest absolute Gasteiger partial charge is 0.320 e. The number of nitrogens with one attached hydrogen (secondary N) is 1. The molecule has 1 aromatic rings. The van der Waals surface area contributed by atoms with Crippen molar-refractivity contribution in [1.29, 1.82) is 0 Å². The topological polar surface area (TPSA) is 29.1 Å². The lowest BCUT2D eigenvalue weighted by Crippen LogP contribution is -2.58. The number of likely N-dealkylation sites (N-methyl/N-ethyl adjacent to an activating group) is 1. The molecule has 0 heterocycles. The summed E-state index contributed by atoms with van der Waals surface area (Å²) in [6.45, 7) is 15.3. The third-order valence-electron chi connectivity index (χ3n) is 4.84. The quantitative estimate of drug-likeness (QED) is 0.785. The van der Waals surface area contributed by atoms with Crippen LogP contribution in [0, 0.1) is 13.8 Å². The summed E-state index contributed by atoms with van der Waals surface area (Å²) in [7, 11) is 0. The molecule has 4 heteroatoms. The molecule has 0 spiro atoms. The van der Waals surface area contributed by atoms with Crippen LogP contribution in [-0.4, -0.2) is 36.1 Å². The summed E-state index contributed by atoms with van der Waals surface area (Å²) < 4.78 is 0.803. The van der Waals surface area contributed by atoms with E-state index in [2.05, 4.69) is 26.1 Å². The van der Waals surface area contributed by atoms with E-state index in [0.29, 0.717) is 5.02 Å². The highest BCUT2D eigenvalue weighted by atomic mass is 35.5. The highest BCUT2D eigenvalue weighted by Gasteiger charge is 2.34. The lowest BCUT2D eigenvalue weighted by atomic mass is 10.1. The average Bonchev–Trinajstić information content (AvgIpc) is 2.44. The van der Waals surface area contributed by atoms with Crippen molar-refractivity contribution in [2.45, 2.75) is 47.6 Å². The molecule has 0 fully saturated rings. The summed E-state index contributed by atoms with van der Waals surface area (Å²) >= 11 is 6.05. The lowest BCUT2D eigenvalue weighted by molar-refractivity contribution is -0.936. The second kappa shape index (κ2) is 7.28. The zero-order valence-electron chi connectivity index (χ0n) is 14.1. The van der Waals surface area contributed by atoms with Crippen molar-refractivity contribution in [2.24, 2.45) is 0 Å². The van der Waals surface area contributed by atoms with E-state index in [1.807, 2.05) is 32.9 Å². The molecule has 0 saturated heterocycles. The van der Waals surface area contributed by atoms with E-state index in [1.54, 1.807) is 0 Å². The van der Waals surface area contributed by atoms with Gasteiger partial charge in [0, 0.05) is 10.7 Å². The molecule has 0 saturated carbocycles. The van der Waals surface area contributed by atoms with Gasteiger partial charge in [-0.2, -0.15) is 0 Å². The summed E-state index contributed by atoms with van der Waals surface area (Å²) in [5, 5.41) is 3.81. The van der Waals surface area contributed by atoms with Gasteiger partial charge in [-0.05, 0) is 64.8 Å². The molecule has 0 aliphatic carbocycles. The Morgan fingerprint density at radius 3 is 1.95 bits per heavy atom. The van der Waals surface area contributed by atoms with Gasteiger partial charge >= 0.3 is 0 Å². The smallest absolute Gasteiger partial charge is 0.282 e. The number of amides is 1. The Labute approximate surface area is 133 Å². The monoisotopic (exact) mass is 311 g/mol. The summed E-state index contributed by atoms with van der Waals surface area (Å²) in [6, 6.07) is 3.70. The van der Waals surface area contributed by atoms with Crippen LogP contribution >= 0.6 is 11.6 Å². The molecule has 1 rings (SSSR count). The van der Waals surface area contributed by atoms with E-state index in [1.165, 1.54) is 0 Å². The third-order valence-corrected chi connectivity index (χ3v) is 5.05. The molecule has 1 amide bonds. The molecular weight excluding hydrogens is 284 g/mol. The molecule has 118 valence electrons. The minimum atomic E-state index is -0.0699. The summed E-state index contributed by atoms with van der Waals surface area (Å²) in [5.74, 6) is 0.0778. The van der Waals surface area contributed by atoms with Crippen molar-refractivity contribution in [3.63, 3.8) is 0 Å². The highest BCUT2D eigenvalue weighted by Crippen LogP contribution is 2.25. The zero-order valence-corrected chi connectivity index (χ0v) is 14.8. The number of hydrogen-bond acceptors (Lipinski definition) is 1. The van der Waals surface area contributed by atoms with Crippen molar-refractivity contribution < 1.29 is 9.28 Å². The molecule has 21 heavy (non-hydrogen) atoms. The summed E-state index contributed by atoms with van der Waals surface area (Å²) in [5.41, 5.74) is 2.89. The third kappa shape index (κ3) is 3.78. The van der Waals surface area contributed by atoms with Crippen LogP contribution in [0.1, 0.15) is 38.8 Å². The Bertz CT molecular complexity index is 478. The standard InChI is InChI=1S/C17H27ClN2O/c1-7-20(8-2,9-3)14(6)17(21)19-16-12(4)10-15(18)11-13(16)5/h10-11,14H,7-9H2,1-6H3/p+1. The van der Waals surface area contributed by atoms with Crippen LogP contribution in [0.25, 0.3) is 0 Å². The van der Waals surface area contributed by atoms with Gasteiger partial charge in [-0.3, -0.25) is 4.79 Å². The fraction of sp³-hybridized carbons (Fsp3) is 0.588. The van der Waals surface area contributed by atoms with Crippen molar-refractivity contribution in [3.05, 3.63) is 28.3 Å². The first kappa shape index (κ1) is 18.0. The molecule has 0 bridgehead atoms. The average molecular weight is 312 g/mol. The maximum Gasteiger partial charge on any atom is 0.282 e. The predicted molar refractivity (Wildman–Crippen MR) is 90.9 cm³/mol. The first-order valence-electron chi connectivity index (χ1n) is 7.74. The second-order valence-corrected chi connectivity index (χ2v) is 6.18. The first-order chi connectivity index (χ1) is 9.81. The van der Waals surface area contributed by atoms with Gasteiger partial charge in [-0.1, -0.05) is 11.6 Å². The minimum Gasteiger partial charge on any atom is -0.320 e. The van der Waals surface area contributed by atoms with E-state index in [4.69, 9.17) is 11.6 Å². The predicted octanol–water partition coefficient (Wildman–Crippen LogP) is 4.16. The zero-order chi connectivity index (χ0) is 16.2. The maximum atomic E-state index is 12.7. The SMILES string of the molecule is CC[N+](CC)(CC)C(C)C(=O)Nc1c(C)cc(Cl)cc1C. The number of carbonyl (C=O) groups is 1. The van der Waals surface area contributed by atoms with Crippen LogP contribution in [0.15, 0.2) is 12.1 Å². The molecule has 1 unspecified atom stereocenters. The van der Waals surface area contributed by atoms with Crippen molar-refractivity contribution >= 4 is 23.2 Å². The van der Waals surface area contributed by atoms with Crippen molar-refractivity contribution in [3.8, 4) is 0 Å². The van der Waals surface area contributed by atoms with Crippen molar-refractivity contribution in [2.75, 3.05) is 25.0 Å². The second-order valence-electron chi connectivity index (χ2n) is 5.75. The number of halogens is 1. The van der Waals surface area contributed by atoms with Gasteiger partial charge in [-0.15, -0.1) is 0 Å². The van der Waals surface area contributed by atoms with Crippen LogP contribution in [-0.2, 0) is 4.79 Å². The molecule has 0 aliphatic rings. The van der Waals surface area contributed by atoms with Crippen LogP contribution in [0.2, 0.25) is 5.02 Å². The Hall–Kier alpha value is -1.06. The van der Waals surface area contributed by atoms with E-state index < -0.39 is 0 Å². The van der Waals surface area contributed by atoms with Gasteiger partial charge in [0.2, 0.25) is 0 Å². The molecule has 1 N–H and O–H groups in total. The van der Waals surface area contributed by atoms with Gasteiger partial charge in [0.1, 0.15) is 0 Å². The van der Waals surface area contributed by atoms with Gasteiger partial charge in [0.25, 0.3) is 5.91 Å². The van der Waals surface area contributed by atoms with Crippen molar-refractivity contribution in [1.82, 2.24) is 0 Å². The van der Waals surface area contributed by atoms with E-state index in [-0.39, 0.29) is 11.9 Å².